The van der Waals surface area contributed by atoms with E-state index in [0.717, 1.165) is 20.9 Å². The maximum atomic E-state index is 12.8. The van der Waals surface area contributed by atoms with Crippen LogP contribution >= 0.6 is 34.7 Å². The number of halogens is 1. The topological polar surface area (TPSA) is 112 Å². The first-order valence-electron chi connectivity index (χ1n) is 12.6. The van der Waals surface area contributed by atoms with Gasteiger partial charge in [0.15, 0.2) is 0 Å². The molecule has 1 aliphatic rings. The lowest BCUT2D eigenvalue weighted by molar-refractivity contribution is -0.115. The van der Waals surface area contributed by atoms with Crippen LogP contribution in [0.25, 0.3) is 0 Å². The van der Waals surface area contributed by atoms with Gasteiger partial charge in [0.2, 0.25) is 11.8 Å². The molecule has 0 unspecified atom stereocenters. The number of ether oxygens (including phenoxy) is 1. The van der Waals surface area contributed by atoms with E-state index in [1.807, 2.05) is 51.1 Å². The lowest BCUT2D eigenvalue weighted by Crippen LogP contribution is -2.39. The fourth-order valence-corrected chi connectivity index (χ4v) is 6.17. The van der Waals surface area contributed by atoms with Crippen LogP contribution in [0.1, 0.15) is 42.3 Å². The molecular weight excluding hydrogens is 568 g/mol. The van der Waals surface area contributed by atoms with Gasteiger partial charge in [0.05, 0.1) is 24.3 Å². The van der Waals surface area contributed by atoms with Crippen molar-refractivity contribution in [2.75, 3.05) is 22.9 Å². The molecule has 40 heavy (non-hydrogen) atoms. The van der Waals surface area contributed by atoms with Crippen LogP contribution in [-0.2, 0) is 33.7 Å². The number of benzene rings is 2. The number of fused-ring (bicyclic) bond motifs is 1. The number of thiophene rings is 1. The highest BCUT2D eigenvalue weighted by atomic mass is 35.5. The molecule has 2 heterocycles. The number of nitrogens with zero attached hydrogens (tertiary/aromatic N) is 2. The summed E-state index contributed by atoms with van der Waals surface area (Å²) in [6.45, 7) is 6.24. The molecule has 0 aliphatic carbocycles. The number of hydrogen-bond donors (Lipinski definition) is 2. The molecule has 3 aromatic rings. The molecule has 8 nitrogen and oxygen atoms in total. The smallest absolute Gasteiger partial charge is 0.410 e. The SMILES string of the molecule is CC(C)(C)OC(=O)N1CCc2c(sc(NC(=O)CSc3cccc(NC(=O)Cc4ccc(Cl)cc4)c3)c2C#N)C1. The minimum atomic E-state index is -0.593. The van der Waals surface area contributed by atoms with Crippen LogP contribution < -0.4 is 10.6 Å². The van der Waals surface area contributed by atoms with Crippen molar-refractivity contribution in [1.29, 1.82) is 5.26 Å². The predicted molar refractivity (Wildman–Crippen MR) is 159 cm³/mol. The molecule has 0 radical (unpaired) electrons. The Bertz CT molecular complexity index is 1460. The van der Waals surface area contributed by atoms with E-state index in [4.69, 9.17) is 16.3 Å². The summed E-state index contributed by atoms with van der Waals surface area (Å²) >= 11 is 8.55. The highest BCUT2D eigenvalue weighted by Gasteiger charge is 2.30. The van der Waals surface area contributed by atoms with Crippen molar-refractivity contribution in [3.8, 4) is 6.07 Å². The first-order valence-corrected chi connectivity index (χ1v) is 14.8. The Balaban J connectivity index is 1.33. The number of rotatable bonds is 7. The Labute approximate surface area is 246 Å². The fraction of sp³-hybridized carbons (Fsp3) is 0.310. The molecule has 2 aromatic carbocycles. The van der Waals surface area contributed by atoms with Crippen LogP contribution in [0.5, 0.6) is 0 Å². The van der Waals surface area contributed by atoms with Gasteiger partial charge in [-0.2, -0.15) is 5.26 Å². The molecule has 2 N–H and O–H groups in total. The van der Waals surface area contributed by atoms with Crippen LogP contribution in [0.4, 0.5) is 15.5 Å². The summed E-state index contributed by atoms with van der Waals surface area (Å²) in [5.74, 6) is -0.279. The van der Waals surface area contributed by atoms with Gasteiger partial charge in [0, 0.05) is 27.0 Å². The van der Waals surface area contributed by atoms with Gasteiger partial charge >= 0.3 is 6.09 Å². The average Bonchev–Trinajstić information content (AvgIpc) is 3.24. The molecule has 0 atom stereocenters. The molecule has 0 bridgehead atoms. The Morgan fingerprint density at radius 1 is 1.12 bits per heavy atom. The van der Waals surface area contributed by atoms with Gasteiger partial charge < -0.3 is 20.3 Å². The van der Waals surface area contributed by atoms with Crippen LogP contribution in [0.15, 0.2) is 53.4 Å². The monoisotopic (exact) mass is 596 g/mol. The van der Waals surface area contributed by atoms with Gasteiger partial charge in [-0.05, 0) is 68.7 Å². The normalized spacial score (nSPS) is 12.7. The summed E-state index contributed by atoms with van der Waals surface area (Å²) in [7, 11) is 0. The summed E-state index contributed by atoms with van der Waals surface area (Å²) in [4.78, 5) is 41.0. The predicted octanol–water partition coefficient (Wildman–Crippen LogP) is 6.48. The number of nitriles is 1. The Morgan fingerprint density at radius 2 is 1.88 bits per heavy atom. The van der Waals surface area contributed by atoms with E-state index in [1.54, 1.807) is 23.1 Å². The Morgan fingerprint density at radius 3 is 2.58 bits per heavy atom. The van der Waals surface area contributed by atoms with Gasteiger partial charge in [0.1, 0.15) is 16.7 Å². The molecule has 0 fully saturated rings. The van der Waals surface area contributed by atoms with Crippen molar-refractivity contribution in [1.82, 2.24) is 4.90 Å². The number of hydrogen-bond acceptors (Lipinski definition) is 7. The molecule has 3 amide bonds. The van der Waals surface area contributed by atoms with Crippen molar-refractivity contribution < 1.29 is 19.1 Å². The van der Waals surface area contributed by atoms with Gasteiger partial charge in [-0.25, -0.2) is 4.79 Å². The van der Waals surface area contributed by atoms with Crippen LogP contribution in [0.2, 0.25) is 5.02 Å². The molecule has 1 aromatic heterocycles. The van der Waals surface area contributed by atoms with E-state index in [1.165, 1.54) is 23.1 Å². The second-order valence-electron chi connectivity index (χ2n) is 10.2. The van der Waals surface area contributed by atoms with Crippen molar-refractivity contribution in [3.05, 3.63) is 75.1 Å². The van der Waals surface area contributed by atoms with Crippen LogP contribution in [-0.4, -0.2) is 40.7 Å². The number of nitrogens with one attached hydrogen (secondary N) is 2. The first-order chi connectivity index (χ1) is 19.0. The minimum Gasteiger partial charge on any atom is -0.444 e. The molecule has 208 valence electrons. The van der Waals surface area contributed by atoms with E-state index in [9.17, 15) is 19.6 Å². The lowest BCUT2D eigenvalue weighted by atomic mass is 10.0. The molecule has 0 saturated carbocycles. The number of carbonyl (C=O) groups is 3. The van der Waals surface area contributed by atoms with E-state index in [-0.39, 0.29) is 24.0 Å². The number of amides is 3. The first kappa shape index (κ1) is 29.5. The molecular formula is C29H29ClN4O4S2. The maximum absolute atomic E-state index is 12.8. The largest absolute Gasteiger partial charge is 0.444 e. The standard InChI is InChI=1S/C29H29ClN4O4S2/c1-29(2,3)38-28(37)34-12-11-22-23(15-31)27(40-24(22)16-34)33-26(36)17-39-21-6-4-5-20(14-21)32-25(35)13-18-7-9-19(30)10-8-18/h4-10,14H,11-13,16-17H2,1-3H3,(H,32,35)(H,33,36). The molecule has 1 aliphatic heterocycles. The van der Waals surface area contributed by atoms with Gasteiger partial charge in [-0.1, -0.05) is 29.8 Å². The van der Waals surface area contributed by atoms with E-state index >= 15 is 0 Å². The van der Waals surface area contributed by atoms with Crippen LogP contribution in [0.3, 0.4) is 0 Å². The second kappa shape index (κ2) is 12.8. The zero-order valence-corrected chi connectivity index (χ0v) is 24.8. The van der Waals surface area contributed by atoms with E-state index in [0.29, 0.717) is 40.8 Å². The summed E-state index contributed by atoms with van der Waals surface area (Å²) in [6, 6.07) is 16.6. The third-order valence-electron chi connectivity index (χ3n) is 5.84. The van der Waals surface area contributed by atoms with Gasteiger partial charge in [-0.3, -0.25) is 9.59 Å². The minimum absolute atomic E-state index is 0.125. The zero-order valence-electron chi connectivity index (χ0n) is 22.4. The summed E-state index contributed by atoms with van der Waals surface area (Å²) < 4.78 is 5.48. The maximum Gasteiger partial charge on any atom is 0.410 e. The summed E-state index contributed by atoms with van der Waals surface area (Å²) in [5.41, 5.74) is 2.22. The number of carbonyl (C=O) groups excluding carboxylic acids is 3. The van der Waals surface area contributed by atoms with E-state index in [2.05, 4.69) is 16.7 Å². The van der Waals surface area contributed by atoms with E-state index < -0.39 is 11.7 Å². The van der Waals surface area contributed by atoms with Crippen molar-refractivity contribution >= 4 is 63.3 Å². The summed E-state index contributed by atoms with van der Waals surface area (Å²) in [6.07, 6.45) is 0.351. The lowest BCUT2D eigenvalue weighted by Gasteiger charge is -2.29. The molecule has 4 rings (SSSR count). The van der Waals surface area contributed by atoms with Crippen LogP contribution in [0, 0.1) is 11.3 Å². The highest BCUT2D eigenvalue weighted by molar-refractivity contribution is 8.00. The summed E-state index contributed by atoms with van der Waals surface area (Å²) in [5, 5.41) is 16.6. The highest BCUT2D eigenvalue weighted by Crippen LogP contribution is 2.37. The van der Waals surface area contributed by atoms with Crippen molar-refractivity contribution in [2.24, 2.45) is 0 Å². The molecule has 11 heteroatoms. The molecule has 0 spiro atoms. The third kappa shape index (κ3) is 8.01. The van der Waals surface area contributed by atoms with Crippen molar-refractivity contribution in [3.63, 3.8) is 0 Å². The van der Waals surface area contributed by atoms with Crippen molar-refractivity contribution in [2.45, 2.75) is 50.7 Å². The second-order valence-corrected chi connectivity index (χ2v) is 12.8. The number of thioether (sulfide) groups is 1. The fourth-order valence-electron chi connectivity index (χ4n) is 4.06. The Kier molecular flexibility index (Phi) is 9.40. The quantitative estimate of drug-likeness (QED) is 0.302. The number of anilines is 2. The van der Waals surface area contributed by atoms with Gasteiger partial charge in [-0.15, -0.1) is 23.1 Å². The Hall–Kier alpha value is -3.52. The third-order valence-corrected chi connectivity index (χ3v) is 8.22. The zero-order chi connectivity index (χ0) is 28.9. The average molecular weight is 597 g/mol. The molecule has 0 saturated heterocycles. The van der Waals surface area contributed by atoms with Gasteiger partial charge in [0.25, 0.3) is 0 Å².